The summed E-state index contributed by atoms with van der Waals surface area (Å²) in [5.74, 6) is -0.0868. The number of rotatable bonds is 0. The lowest BCUT2D eigenvalue weighted by atomic mass is 10.2. The van der Waals surface area contributed by atoms with Gasteiger partial charge in [-0.15, -0.1) is 11.3 Å². The van der Waals surface area contributed by atoms with E-state index in [9.17, 15) is 4.39 Å². The Kier molecular flexibility index (Phi) is 1.93. The van der Waals surface area contributed by atoms with Gasteiger partial charge in [0.15, 0.2) is 0 Å². The van der Waals surface area contributed by atoms with Crippen molar-refractivity contribution in [1.29, 1.82) is 0 Å². The van der Waals surface area contributed by atoms with E-state index in [2.05, 4.69) is 15.9 Å². The zero-order valence-electron chi connectivity index (χ0n) is 6.40. The maximum Gasteiger partial charge on any atom is 0.144 e. The normalized spacial score (nSPS) is 10.9. The van der Waals surface area contributed by atoms with Crippen molar-refractivity contribution in [2.45, 2.75) is 6.92 Å². The van der Waals surface area contributed by atoms with Crippen LogP contribution in [0.25, 0.3) is 10.1 Å². The molecule has 2 aromatic rings. The lowest BCUT2D eigenvalue weighted by Gasteiger charge is -1.90. The van der Waals surface area contributed by atoms with Crippen LogP contribution in [0.4, 0.5) is 4.39 Å². The summed E-state index contributed by atoms with van der Waals surface area (Å²) < 4.78 is 15.3. The summed E-state index contributed by atoms with van der Waals surface area (Å²) in [5.41, 5.74) is 0. The van der Waals surface area contributed by atoms with Crippen LogP contribution >= 0.6 is 27.3 Å². The minimum atomic E-state index is -0.0868. The average molecular weight is 245 g/mol. The number of aryl methyl sites for hydroxylation is 1. The van der Waals surface area contributed by atoms with Gasteiger partial charge in [0.2, 0.25) is 0 Å². The van der Waals surface area contributed by atoms with E-state index >= 15 is 0 Å². The molecule has 0 saturated heterocycles. The van der Waals surface area contributed by atoms with E-state index < -0.39 is 0 Å². The van der Waals surface area contributed by atoms with Crippen molar-refractivity contribution >= 4 is 37.4 Å². The maximum atomic E-state index is 13.3. The van der Waals surface area contributed by atoms with Crippen molar-refractivity contribution in [2.24, 2.45) is 0 Å². The fourth-order valence-electron chi connectivity index (χ4n) is 1.17. The first-order chi connectivity index (χ1) is 5.70. The molecule has 0 aliphatic rings. The van der Waals surface area contributed by atoms with Gasteiger partial charge in [-0.2, -0.15) is 0 Å². The first-order valence-corrected chi connectivity index (χ1v) is 5.14. The molecule has 0 nitrogen and oxygen atoms in total. The van der Waals surface area contributed by atoms with Gasteiger partial charge < -0.3 is 0 Å². The van der Waals surface area contributed by atoms with Crippen molar-refractivity contribution in [3.63, 3.8) is 0 Å². The first kappa shape index (κ1) is 8.20. The van der Waals surface area contributed by atoms with Gasteiger partial charge in [-0.3, -0.25) is 0 Å². The summed E-state index contributed by atoms with van der Waals surface area (Å²) in [6, 6.07) is 5.58. The average Bonchev–Trinajstić information content (AvgIpc) is 2.32. The summed E-state index contributed by atoms with van der Waals surface area (Å²) in [5, 5.41) is 0.715. The summed E-state index contributed by atoms with van der Waals surface area (Å²) in [4.78, 5) is 0.747. The summed E-state index contributed by atoms with van der Waals surface area (Å²) in [6.07, 6.45) is 0. The van der Waals surface area contributed by atoms with E-state index in [4.69, 9.17) is 0 Å². The Morgan fingerprint density at radius 1 is 1.42 bits per heavy atom. The Morgan fingerprint density at radius 2 is 2.17 bits per heavy atom. The van der Waals surface area contributed by atoms with Crippen LogP contribution < -0.4 is 0 Å². The number of hydrogen-bond acceptors (Lipinski definition) is 1. The smallest absolute Gasteiger partial charge is 0.144 e. The van der Waals surface area contributed by atoms with Gasteiger partial charge in [-0.25, -0.2) is 4.39 Å². The van der Waals surface area contributed by atoms with Crippen LogP contribution in [0.5, 0.6) is 0 Å². The first-order valence-electron chi connectivity index (χ1n) is 3.53. The molecular formula is C9H6BrFS. The Morgan fingerprint density at radius 3 is 2.83 bits per heavy atom. The minimum Gasteiger partial charge on any atom is -0.205 e. The molecule has 0 atom stereocenters. The molecule has 3 heteroatoms. The third kappa shape index (κ3) is 1.08. The van der Waals surface area contributed by atoms with Crippen molar-refractivity contribution in [1.82, 2.24) is 0 Å². The number of fused-ring (bicyclic) bond motifs is 1. The fourth-order valence-corrected chi connectivity index (χ4v) is 2.72. The van der Waals surface area contributed by atoms with Crippen LogP contribution in [0.15, 0.2) is 22.7 Å². The Hall–Kier alpha value is -0.410. The number of thiophene rings is 1. The minimum absolute atomic E-state index is 0.0868. The molecule has 0 aliphatic heterocycles. The standard InChI is InChI=1S/C9H6BrFS/c1-5-8(11)6-3-2-4-7(10)9(6)12-5/h2-4H,1H3. The van der Waals surface area contributed by atoms with Crippen LogP contribution in [0.3, 0.4) is 0 Å². The molecule has 0 unspecified atom stereocenters. The number of benzene rings is 1. The van der Waals surface area contributed by atoms with Crippen LogP contribution in [-0.2, 0) is 0 Å². The van der Waals surface area contributed by atoms with E-state index in [1.165, 1.54) is 11.3 Å². The van der Waals surface area contributed by atoms with Crippen molar-refractivity contribution in [3.8, 4) is 0 Å². The number of hydrogen-bond donors (Lipinski definition) is 0. The van der Waals surface area contributed by atoms with Gasteiger partial charge in [0.05, 0.1) is 4.70 Å². The molecule has 12 heavy (non-hydrogen) atoms. The van der Waals surface area contributed by atoms with E-state index in [1.807, 2.05) is 12.1 Å². The lowest BCUT2D eigenvalue weighted by Crippen LogP contribution is -1.71. The van der Waals surface area contributed by atoms with Gasteiger partial charge >= 0.3 is 0 Å². The van der Waals surface area contributed by atoms with Gasteiger partial charge in [-0.05, 0) is 28.9 Å². The maximum absolute atomic E-state index is 13.3. The molecule has 62 valence electrons. The summed E-state index contributed by atoms with van der Waals surface area (Å²) in [7, 11) is 0. The lowest BCUT2D eigenvalue weighted by molar-refractivity contribution is 0.636. The largest absolute Gasteiger partial charge is 0.205 e. The molecule has 0 saturated carbocycles. The Balaban J connectivity index is 2.95. The molecule has 0 aliphatic carbocycles. The zero-order chi connectivity index (χ0) is 8.72. The molecule has 1 aromatic carbocycles. The van der Waals surface area contributed by atoms with Crippen molar-refractivity contribution < 1.29 is 4.39 Å². The zero-order valence-corrected chi connectivity index (χ0v) is 8.80. The van der Waals surface area contributed by atoms with E-state index in [1.54, 1.807) is 13.0 Å². The molecule has 0 fully saturated rings. The van der Waals surface area contributed by atoms with Crippen molar-refractivity contribution in [2.75, 3.05) is 0 Å². The van der Waals surface area contributed by atoms with Gasteiger partial charge in [0.25, 0.3) is 0 Å². The highest BCUT2D eigenvalue weighted by molar-refractivity contribution is 9.10. The predicted molar refractivity (Wildman–Crippen MR) is 54.2 cm³/mol. The van der Waals surface area contributed by atoms with Crippen LogP contribution in [-0.4, -0.2) is 0 Å². The third-order valence-corrected chi connectivity index (χ3v) is 3.82. The second-order valence-electron chi connectivity index (χ2n) is 2.59. The second kappa shape index (κ2) is 2.82. The second-order valence-corrected chi connectivity index (χ2v) is 4.67. The Bertz CT molecular complexity index is 433. The van der Waals surface area contributed by atoms with Gasteiger partial charge in [0, 0.05) is 14.7 Å². The topological polar surface area (TPSA) is 0 Å². The molecular weight excluding hydrogens is 239 g/mol. The Labute approximate surface area is 82.2 Å². The molecule has 0 spiro atoms. The summed E-state index contributed by atoms with van der Waals surface area (Å²) >= 11 is 4.87. The molecule has 0 radical (unpaired) electrons. The number of halogens is 2. The highest BCUT2D eigenvalue weighted by Crippen LogP contribution is 2.34. The highest BCUT2D eigenvalue weighted by Gasteiger charge is 2.09. The van der Waals surface area contributed by atoms with E-state index in [0.29, 0.717) is 5.39 Å². The van der Waals surface area contributed by atoms with Gasteiger partial charge in [0.1, 0.15) is 5.82 Å². The molecule has 0 N–H and O–H groups in total. The van der Waals surface area contributed by atoms with Gasteiger partial charge in [-0.1, -0.05) is 12.1 Å². The van der Waals surface area contributed by atoms with E-state index in [-0.39, 0.29) is 5.82 Å². The molecule has 2 rings (SSSR count). The van der Waals surface area contributed by atoms with Crippen LogP contribution in [0, 0.1) is 12.7 Å². The van der Waals surface area contributed by atoms with Crippen LogP contribution in [0.2, 0.25) is 0 Å². The quantitative estimate of drug-likeness (QED) is 0.655. The predicted octanol–water partition coefficient (Wildman–Crippen LogP) is 4.11. The van der Waals surface area contributed by atoms with Crippen LogP contribution in [0.1, 0.15) is 4.88 Å². The summed E-state index contributed by atoms with van der Waals surface area (Å²) in [6.45, 7) is 1.80. The monoisotopic (exact) mass is 244 g/mol. The third-order valence-electron chi connectivity index (χ3n) is 1.77. The molecule has 1 aromatic heterocycles. The molecule has 0 bridgehead atoms. The van der Waals surface area contributed by atoms with E-state index in [0.717, 1.165) is 14.0 Å². The SMILES string of the molecule is Cc1sc2c(Br)cccc2c1F. The molecule has 1 heterocycles. The fraction of sp³-hybridized carbons (Fsp3) is 0.111. The molecule has 0 amide bonds. The van der Waals surface area contributed by atoms with Crippen molar-refractivity contribution in [3.05, 3.63) is 33.4 Å². The highest BCUT2D eigenvalue weighted by atomic mass is 79.9.